The zero-order valence-electron chi connectivity index (χ0n) is 19.5. The van der Waals surface area contributed by atoms with Crippen LogP contribution in [-0.4, -0.2) is 19.2 Å². The summed E-state index contributed by atoms with van der Waals surface area (Å²) in [5.41, 5.74) is 4.84. The fourth-order valence-electron chi connectivity index (χ4n) is 4.78. The van der Waals surface area contributed by atoms with Crippen molar-refractivity contribution in [1.29, 1.82) is 0 Å². The van der Waals surface area contributed by atoms with E-state index >= 15 is 0 Å². The van der Waals surface area contributed by atoms with Crippen LogP contribution in [0.4, 0.5) is 0 Å². The molecule has 0 heterocycles. The van der Waals surface area contributed by atoms with Crippen molar-refractivity contribution in [2.75, 3.05) is 7.11 Å². The molecule has 0 bridgehead atoms. The zero-order valence-corrected chi connectivity index (χ0v) is 19.5. The summed E-state index contributed by atoms with van der Waals surface area (Å²) in [6.45, 7) is 4.91. The Morgan fingerprint density at radius 1 is 1.06 bits per heavy atom. The highest BCUT2D eigenvalue weighted by Crippen LogP contribution is 2.31. The van der Waals surface area contributed by atoms with E-state index in [-0.39, 0.29) is 5.97 Å². The maximum Gasteiger partial charge on any atom is 0.338 e. The van der Waals surface area contributed by atoms with Crippen LogP contribution in [0.15, 0.2) is 42.5 Å². The lowest BCUT2D eigenvalue weighted by atomic mass is 9.84. The Bertz CT molecular complexity index is 836. The van der Waals surface area contributed by atoms with E-state index in [4.69, 9.17) is 9.47 Å². The van der Waals surface area contributed by atoms with E-state index in [1.807, 2.05) is 24.3 Å². The Hall–Kier alpha value is -2.13. The molecule has 0 aliphatic heterocycles. The Balaban J connectivity index is 1.77. The molecule has 0 spiro atoms. The van der Waals surface area contributed by atoms with E-state index in [0.29, 0.717) is 18.3 Å². The van der Waals surface area contributed by atoms with Crippen molar-refractivity contribution in [3.63, 3.8) is 0 Å². The minimum Gasteiger partial charge on any atom is -0.465 e. The van der Waals surface area contributed by atoms with Crippen LogP contribution in [0.3, 0.4) is 0 Å². The van der Waals surface area contributed by atoms with Crippen molar-refractivity contribution in [2.24, 2.45) is 5.92 Å². The Morgan fingerprint density at radius 3 is 2.55 bits per heavy atom. The van der Waals surface area contributed by atoms with Gasteiger partial charge >= 0.3 is 5.97 Å². The smallest absolute Gasteiger partial charge is 0.338 e. The normalized spacial score (nSPS) is 15.6. The number of rotatable bonds is 10. The van der Waals surface area contributed by atoms with Crippen molar-refractivity contribution in [3.05, 3.63) is 59.2 Å². The molecule has 3 heteroatoms. The first kappa shape index (κ1) is 23.5. The molecule has 2 aromatic rings. The predicted octanol–water partition coefficient (Wildman–Crippen LogP) is 7.49. The average Bonchev–Trinajstić information content (AvgIpc) is 2.81. The van der Waals surface area contributed by atoms with Gasteiger partial charge in [-0.1, -0.05) is 82.2 Å². The van der Waals surface area contributed by atoms with E-state index < -0.39 is 0 Å². The number of methoxy groups -OCH3 is 1. The van der Waals surface area contributed by atoms with Crippen LogP contribution in [0, 0.1) is 12.8 Å². The Morgan fingerprint density at radius 2 is 1.84 bits per heavy atom. The fourth-order valence-corrected chi connectivity index (χ4v) is 4.78. The summed E-state index contributed by atoms with van der Waals surface area (Å²) in [6, 6.07) is 14.2. The van der Waals surface area contributed by atoms with Gasteiger partial charge < -0.3 is 9.47 Å². The largest absolute Gasteiger partial charge is 0.465 e. The lowest BCUT2D eigenvalue weighted by Crippen LogP contribution is -2.19. The van der Waals surface area contributed by atoms with Crippen molar-refractivity contribution in [1.82, 2.24) is 0 Å². The van der Waals surface area contributed by atoms with Crippen LogP contribution in [0.5, 0.6) is 0 Å². The number of unbranched alkanes of at least 4 members (excludes halogenated alkanes) is 1. The molecule has 0 N–H and O–H groups in total. The highest BCUT2D eigenvalue weighted by Gasteiger charge is 2.20. The molecule has 3 nitrogen and oxygen atoms in total. The van der Waals surface area contributed by atoms with E-state index in [0.717, 1.165) is 34.6 Å². The van der Waals surface area contributed by atoms with Gasteiger partial charge in [0.25, 0.3) is 0 Å². The molecule has 1 fully saturated rings. The van der Waals surface area contributed by atoms with Gasteiger partial charge in [0.05, 0.1) is 25.4 Å². The standard InChI is InChI=1S/C28H38O3/c1-4-5-14-24(18-22-12-7-6-8-13-22)31-20-23-16-17-26(28(29)30-3)27(19-23)25-15-10-9-11-21(25)2/h9-11,15-17,19,22,24H,4-8,12-14,18,20H2,1-3H3/t24-/m1/s1. The van der Waals surface area contributed by atoms with Gasteiger partial charge in [0.2, 0.25) is 0 Å². The van der Waals surface area contributed by atoms with E-state index in [2.05, 4.69) is 32.0 Å². The number of benzene rings is 2. The number of aryl methyl sites for hydroxylation is 1. The Kier molecular flexibility index (Phi) is 9.14. The van der Waals surface area contributed by atoms with E-state index in [9.17, 15) is 4.79 Å². The molecule has 0 radical (unpaired) electrons. The summed E-state index contributed by atoms with van der Waals surface area (Å²) in [5.74, 6) is 0.517. The third-order valence-electron chi connectivity index (χ3n) is 6.61. The van der Waals surface area contributed by atoms with Crippen LogP contribution < -0.4 is 0 Å². The van der Waals surface area contributed by atoms with Gasteiger partial charge in [-0.05, 0) is 60.1 Å². The van der Waals surface area contributed by atoms with Crippen LogP contribution in [0.1, 0.15) is 86.2 Å². The molecule has 1 aliphatic rings. The van der Waals surface area contributed by atoms with Gasteiger partial charge in [-0.15, -0.1) is 0 Å². The summed E-state index contributed by atoms with van der Waals surface area (Å²) < 4.78 is 11.5. The molecule has 0 aromatic heterocycles. The zero-order chi connectivity index (χ0) is 22.1. The monoisotopic (exact) mass is 422 g/mol. The highest BCUT2D eigenvalue weighted by molar-refractivity contribution is 5.97. The lowest BCUT2D eigenvalue weighted by Gasteiger charge is -2.27. The maximum atomic E-state index is 12.4. The molecular formula is C28H38O3. The predicted molar refractivity (Wildman–Crippen MR) is 127 cm³/mol. The van der Waals surface area contributed by atoms with Crippen molar-refractivity contribution >= 4 is 5.97 Å². The first-order chi connectivity index (χ1) is 15.1. The number of carbonyl (C=O) groups excluding carboxylic acids is 1. The summed E-state index contributed by atoms with van der Waals surface area (Å²) in [6.07, 6.45) is 11.9. The van der Waals surface area contributed by atoms with Gasteiger partial charge in [-0.3, -0.25) is 0 Å². The summed E-state index contributed by atoms with van der Waals surface area (Å²) in [5, 5.41) is 0. The number of ether oxygens (including phenoxy) is 2. The lowest BCUT2D eigenvalue weighted by molar-refractivity contribution is 0.0137. The molecule has 168 valence electrons. The molecule has 31 heavy (non-hydrogen) atoms. The van der Waals surface area contributed by atoms with Crippen molar-refractivity contribution in [3.8, 4) is 11.1 Å². The van der Waals surface area contributed by atoms with Crippen LogP contribution >= 0.6 is 0 Å². The first-order valence-corrected chi connectivity index (χ1v) is 12.0. The molecule has 0 unspecified atom stereocenters. The SMILES string of the molecule is CCCC[C@H](CC1CCCCC1)OCc1ccc(C(=O)OC)c(-c2ccccc2C)c1. The number of hydrogen-bond acceptors (Lipinski definition) is 3. The average molecular weight is 423 g/mol. The van der Waals surface area contributed by atoms with Gasteiger partial charge in [-0.25, -0.2) is 4.79 Å². The Labute approximate surface area is 188 Å². The third-order valence-corrected chi connectivity index (χ3v) is 6.61. The maximum absolute atomic E-state index is 12.4. The van der Waals surface area contributed by atoms with E-state index in [1.54, 1.807) is 0 Å². The van der Waals surface area contributed by atoms with Crippen LogP contribution in [0.2, 0.25) is 0 Å². The molecule has 0 saturated heterocycles. The summed E-state index contributed by atoms with van der Waals surface area (Å²) >= 11 is 0. The van der Waals surface area contributed by atoms with Crippen molar-refractivity contribution in [2.45, 2.75) is 84.3 Å². The summed E-state index contributed by atoms with van der Waals surface area (Å²) in [7, 11) is 1.44. The molecule has 1 aliphatic carbocycles. The molecular weight excluding hydrogens is 384 g/mol. The second-order valence-corrected chi connectivity index (χ2v) is 9.00. The fraction of sp³-hybridized carbons (Fsp3) is 0.536. The van der Waals surface area contributed by atoms with Gasteiger partial charge in [-0.2, -0.15) is 0 Å². The second-order valence-electron chi connectivity index (χ2n) is 9.00. The topological polar surface area (TPSA) is 35.5 Å². The molecule has 0 amide bonds. The van der Waals surface area contributed by atoms with Gasteiger partial charge in [0.15, 0.2) is 0 Å². The molecule has 3 rings (SSSR count). The van der Waals surface area contributed by atoms with Crippen LogP contribution in [-0.2, 0) is 16.1 Å². The number of hydrogen-bond donors (Lipinski definition) is 0. The van der Waals surface area contributed by atoms with Gasteiger partial charge in [0, 0.05) is 0 Å². The summed E-state index contributed by atoms with van der Waals surface area (Å²) in [4.78, 5) is 12.4. The highest BCUT2D eigenvalue weighted by atomic mass is 16.5. The van der Waals surface area contributed by atoms with Crippen LogP contribution in [0.25, 0.3) is 11.1 Å². The molecule has 2 aromatic carbocycles. The quantitative estimate of drug-likeness (QED) is 0.372. The molecule has 1 saturated carbocycles. The number of carbonyl (C=O) groups is 1. The third kappa shape index (κ3) is 6.67. The number of esters is 1. The van der Waals surface area contributed by atoms with Gasteiger partial charge in [0.1, 0.15) is 0 Å². The first-order valence-electron chi connectivity index (χ1n) is 12.0. The minimum atomic E-state index is -0.302. The second kappa shape index (κ2) is 12.0. The molecule has 1 atom stereocenters. The minimum absolute atomic E-state index is 0.302. The van der Waals surface area contributed by atoms with Crippen molar-refractivity contribution < 1.29 is 14.3 Å². The van der Waals surface area contributed by atoms with E-state index in [1.165, 1.54) is 58.5 Å².